The highest BCUT2D eigenvalue weighted by molar-refractivity contribution is 6.30. The zero-order chi connectivity index (χ0) is 22.5. The normalized spacial score (nSPS) is 20.2. The molecule has 0 bridgehead atoms. The maximum Gasteiger partial charge on any atom is 0.290 e. The van der Waals surface area contributed by atoms with Gasteiger partial charge in [0.2, 0.25) is 0 Å². The topological polar surface area (TPSA) is 101 Å². The lowest BCUT2D eigenvalue weighted by Gasteiger charge is -2.41. The molecule has 2 fully saturated rings. The summed E-state index contributed by atoms with van der Waals surface area (Å²) in [6.07, 6.45) is 2.21. The van der Waals surface area contributed by atoms with E-state index in [2.05, 4.69) is 23.8 Å². The highest BCUT2D eigenvalue weighted by Gasteiger charge is 2.28. The molecule has 1 amide bonds. The van der Waals surface area contributed by atoms with Crippen LogP contribution in [0.15, 0.2) is 24.3 Å². The van der Waals surface area contributed by atoms with E-state index in [1.807, 2.05) is 23.1 Å². The van der Waals surface area contributed by atoms with E-state index in [0.29, 0.717) is 22.5 Å². The Balaban J connectivity index is 0.000000672. The summed E-state index contributed by atoms with van der Waals surface area (Å²) in [5.74, 6) is 0.822. The standard InChI is InChI=1S/C19H28ClN3O.2CH2O2/c1-15-13-21(2)10-11-23(15)14-16-6-8-22(9-7-16)19(24)17-4-3-5-18(20)12-17;2*2-1-3/h3-5,12,15-16H,6-11,13-14H2,1-2H3;2*1H,(H,2,3). The lowest BCUT2D eigenvalue weighted by Crippen LogP contribution is -2.52. The number of hydrogen-bond acceptors (Lipinski definition) is 5. The van der Waals surface area contributed by atoms with Gasteiger partial charge in [0, 0.05) is 55.9 Å². The van der Waals surface area contributed by atoms with Gasteiger partial charge in [-0.15, -0.1) is 0 Å². The number of piperidine rings is 1. The molecule has 1 unspecified atom stereocenters. The minimum absolute atomic E-state index is 0.115. The number of piperazine rings is 1. The number of nitrogens with zero attached hydrogens (tertiary/aromatic N) is 3. The molecule has 30 heavy (non-hydrogen) atoms. The van der Waals surface area contributed by atoms with Gasteiger partial charge in [0.25, 0.3) is 18.9 Å². The van der Waals surface area contributed by atoms with Gasteiger partial charge in [0.05, 0.1) is 0 Å². The van der Waals surface area contributed by atoms with Crippen LogP contribution in [0, 0.1) is 5.92 Å². The van der Waals surface area contributed by atoms with Gasteiger partial charge in [-0.1, -0.05) is 17.7 Å². The lowest BCUT2D eigenvalue weighted by molar-refractivity contribution is -0.123. The van der Waals surface area contributed by atoms with Crippen molar-refractivity contribution in [3.63, 3.8) is 0 Å². The maximum absolute atomic E-state index is 12.6. The van der Waals surface area contributed by atoms with Crippen LogP contribution >= 0.6 is 11.6 Å². The van der Waals surface area contributed by atoms with Gasteiger partial charge in [0.1, 0.15) is 0 Å². The molecule has 0 aliphatic carbocycles. The van der Waals surface area contributed by atoms with Crippen molar-refractivity contribution in [2.75, 3.05) is 46.3 Å². The molecule has 1 atom stereocenters. The number of likely N-dealkylation sites (N-methyl/N-ethyl adjacent to an activating group) is 1. The second kappa shape index (κ2) is 14.0. The van der Waals surface area contributed by atoms with Crippen LogP contribution in [0.25, 0.3) is 0 Å². The molecule has 2 N–H and O–H groups in total. The molecule has 0 radical (unpaired) electrons. The smallest absolute Gasteiger partial charge is 0.290 e. The first-order valence-electron chi connectivity index (χ1n) is 9.99. The van der Waals surface area contributed by atoms with Crippen LogP contribution in [-0.2, 0) is 9.59 Å². The SMILES string of the molecule is CC1CN(C)CCN1CC1CCN(C(=O)c2cccc(Cl)c2)CC1.O=CO.O=CO. The molecule has 8 nitrogen and oxygen atoms in total. The Morgan fingerprint density at radius 3 is 2.27 bits per heavy atom. The third kappa shape index (κ3) is 8.69. The van der Waals surface area contributed by atoms with Crippen molar-refractivity contribution in [2.45, 2.75) is 25.8 Å². The van der Waals surface area contributed by atoms with Gasteiger partial charge in [-0.2, -0.15) is 0 Å². The van der Waals surface area contributed by atoms with E-state index < -0.39 is 0 Å². The van der Waals surface area contributed by atoms with E-state index in [9.17, 15) is 4.79 Å². The first kappa shape index (κ1) is 25.9. The average molecular weight is 442 g/mol. The first-order chi connectivity index (χ1) is 14.4. The number of hydrogen-bond donors (Lipinski definition) is 2. The number of halogens is 1. The number of likely N-dealkylation sites (tertiary alicyclic amines) is 1. The second-order valence-electron chi connectivity index (χ2n) is 7.56. The fourth-order valence-electron chi connectivity index (χ4n) is 3.90. The van der Waals surface area contributed by atoms with Gasteiger partial charge >= 0.3 is 0 Å². The van der Waals surface area contributed by atoms with Crippen molar-refractivity contribution in [3.8, 4) is 0 Å². The van der Waals surface area contributed by atoms with Crippen LogP contribution in [0.4, 0.5) is 0 Å². The molecule has 2 heterocycles. The van der Waals surface area contributed by atoms with Crippen molar-refractivity contribution in [3.05, 3.63) is 34.9 Å². The summed E-state index contributed by atoms with van der Waals surface area (Å²) in [6.45, 7) is 8.21. The van der Waals surface area contributed by atoms with Crippen LogP contribution in [0.1, 0.15) is 30.1 Å². The van der Waals surface area contributed by atoms with Crippen molar-refractivity contribution in [2.24, 2.45) is 5.92 Å². The monoisotopic (exact) mass is 441 g/mol. The van der Waals surface area contributed by atoms with Crippen LogP contribution in [0.2, 0.25) is 5.02 Å². The molecule has 2 aliphatic rings. The van der Waals surface area contributed by atoms with Crippen molar-refractivity contribution in [1.82, 2.24) is 14.7 Å². The highest BCUT2D eigenvalue weighted by Crippen LogP contribution is 2.22. The third-order valence-corrected chi connectivity index (χ3v) is 5.67. The predicted molar refractivity (Wildman–Crippen MR) is 116 cm³/mol. The molecule has 168 valence electrons. The summed E-state index contributed by atoms with van der Waals surface area (Å²) in [6, 6.07) is 7.90. The Morgan fingerprint density at radius 1 is 1.13 bits per heavy atom. The Morgan fingerprint density at radius 2 is 1.73 bits per heavy atom. The molecule has 0 saturated carbocycles. The molecule has 0 spiro atoms. The fraction of sp³-hybridized carbons (Fsp3) is 0.571. The van der Waals surface area contributed by atoms with Crippen molar-refractivity contribution in [1.29, 1.82) is 0 Å². The van der Waals surface area contributed by atoms with Crippen LogP contribution < -0.4 is 0 Å². The molecule has 0 aromatic heterocycles. The van der Waals surface area contributed by atoms with Crippen molar-refractivity contribution < 1.29 is 24.6 Å². The zero-order valence-corrected chi connectivity index (χ0v) is 18.4. The Kier molecular flexibility index (Phi) is 12.0. The van der Waals surface area contributed by atoms with E-state index in [-0.39, 0.29) is 18.9 Å². The third-order valence-electron chi connectivity index (χ3n) is 5.43. The number of rotatable bonds is 3. The van der Waals surface area contributed by atoms with Gasteiger partial charge in [0.15, 0.2) is 0 Å². The Labute approximate surface area is 183 Å². The Hall–Kier alpha value is -2.16. The minimum atomic E-state index is -0.250. The van der Waals surface area contributed by atoms with Gasteiger partial charge in [-0.05, 0) is 50.9 Å². The summed E-state index contributed by atoms with van der Waals surface area (Å²) >= 11 is 6.00. The van der Waals surface area contributed by atoms with E-state index in [1.54, 1.807) is 6.07 Å². The number of amides is 1. The fourth-order valence-corrected chi connectivity index (χ4v) is 4.09. The number of carbonyl (C=O) groups is 3. The molecular formula is C21H32ClN3O5. The van der Waals surface area contributed by atoms with Crippen molar-refractivity contribution >= 4 is 30.5 Å². The van der Waals surface area contributed by atoms with Gasteiger partial charge < -0.3 is 20.0 Å². The number of carbonyl (C=O) groups excluding carboxylic acids is 1. The summed E-state index contributed by atoms with van der Waals surface area (Å²) in [4.78, 5) is 36.3. The van der Waals surface area contributed by atoms with Crippen LogP contribution in [0.3, 0.4) is 0 Å². The highest BCUT2D eigenvalue weighted by atomic mass is 35.5. The second-order valence-corrected chi connectivity index (χ2v) is 8.00. The zero-order valence-electron chi connectivity index (χ0n) is 17.6. The van der Waals surface area contributed by atoms with E-state index in [0.717, 1.165) is 39.0 Å². The summed E-state index contributed by atoms with van der Waals surface area (Å²) in [7, 11) is 2.20. The maximum atomic E-state index is 12.6. The Bertz CT molecular complexity index is 662. The van der Waals surface area contributed by atoms with Gasteiger partial charge in [-0.3, -0.25) is 19.3 Å². The predicted octanol–water partition coefficient (Wildman–Crippen LogP) is 2.23. The first-order valence-corrected chi connectivity index (χ1v) is 10.4. The summed E-state index contributed by atoms with van der Waals surface area (Å²) in [5.41, 5.74) is 0.702. The average Bonchev–Trinajstić information content (AvgIpc) is 2.71. The number of benzene rings is 1. The number of carboxylic acid groups (broad SMARTS) is 2. The molecule has 3 rings (SSSR count). The van der Waals surface area contributed by atoms with Crippen LogP contribution in [0.5, 0.6) is 0 Å². The van der Waals surface area contributed by atoms with E-state index >= 15 is 0 Å². The summed E-state index contributed by atoms with van der Waals surface area (Å²) in [5, 5.41) is 14.4. The lowest BCUT2D eigenvalue weighted by atomic mass is 9.94. The minimum Gasteiger partial charge on any atom is -0.483 e. The van der Waals surface area contributed by atoms with Crippen LogP contribution in [-0.4, -0.2) is 96.1 Å². The quantitative estimate of drug-likeness (QED) is 0.693. The molecule has 2 saturated heterocycles. The molecule has 1 aromatic rings. The molecule has 2 aliphatic heterocycles. The molecule has 1 aromatic carbocycles. The molecular weight excluding hydrogens is 410 g/mol. The largest absolute Gasteiger partial charge is 0.483 e. The summed E-state index contributed by atoms with van der Waals surface area (Å²) < 4.78 is 0. The van der Waals surface area contributed by atoms with Gasteiger partial charge in [-0.25, -0.2) is 0 Å². The van der Waals surface area contributed by atoms with E-state index in [1.165, 1.54) is 13.1 Å². The van der Waals surface area contributed by atoms with E-state index in [4.69, 9.17) is 31.4 Å². The molecule has 9 heteroatoms.